The summed E-state index contributed by atoms with van der Waals surface area (Å²) in [7, 11) is 0. The topological polar surface area (TPSA) is 42.0 Å². The summed E-state index contributed by atoms with van der Waals surface area (Å²) in [5, 5.41) is 3.86. The highest BCUT2D eigenvalue weighted by Gasteiger charge is 2.09. The molecule has 0 unspecified atom stereocenters. The van der Waals surface area contributed by atoms with Crippen LogP contribution in [0.3, 0.4) is 0 Å². The minimum absolute atomic E-state index is 0.140. The van der Waals surface area contributed by atoms with E-state index >= 15 is 0 Å². The molecule has 1 N–H and O–H groups in total. The van der Waals surface area contributed by atoms with Gasteiger partial charge in [0.1, 0.15) is 5.82 Å². The van der Waals surface area contributed by atoms with Crippen molar-refractivity contribution in [3.8, 4) is 0 Å². The Bertz CT molecular complexity index is 754. The van der Waals surface area contributed by atoms with Crippen molar-refractivity contribution in [3.05, 3.63) is 57.2 Å². The number of thiophene rings is 1. The van der Waals surface area contributed by atoms with Crippen LogP contribution in [0.4, 0.5) is 5.82 Å². The van der Waals surface area contributed by atoms with Crippen molar-refractivity contribution in [2.75, 3.05) is 5.32 Å². The van der Waals surface area contributed by atoms with Crippen LogP contribution < -0.4 is 5.32 Å². The molecule has 0 aliphatic carbocycles. The van der Waals surface area contributed by atoms with Crippen molar-refractivity contribution < 1.29 is 4.79 Å². The third-order valence-electron chi connectivity index (χ3n) is 2.64. The molecule has 2 aromatic heterocycles. The summed E-state index contributed by atoms with van der Waals surface area (Å²) in [6.07, 6.45) is 0. The van der Waals surface area contributed by atoms with Gasteiger partial charge in [0.25, 0.3) is 5.91 Å². The van der Waals surface area contributed by atoms with E-state index in [0.717, 1.165) is 14.7 Å². The van der Waals surface area contributed by atoms with Gasteiger partial charge >= 0.3 is 0 Å². The van der Waals surface area contributed by atoms with Gasteiger partial charge in [-0.2, -0.15) is 0 Å². The number of hydrogen-bond acceptors (Lipinski definition) is 3. The minimum Gasteiger partial charge on any atom is -0.306 e. The third kappa shape index (κ3) is 2.67. The quantitative estimate of drug-likeness (QED) is 0.759. The molecule has 0 saturated carbocycles. The maximum Gasteiger partial charge on any atom is 0.266 e. The van der Waals surface area contributed by atoms with Crippen LogP contribution in [0.1, 0.15) is 9.67 Å². The van der Waals surface area contributed by atoms with E-state index in [1.54, 1.807) is 6.07 Å². The number of pyridine rings is 1. The number of amides is 1. The molecule has 3 rings (SSSR count). The SMILES string of the molecule is O=C(Nc1ccc2ccccc2n1)c1ccc(Br)s1. The maximum absolute atomic E-state index is 12.0. The van der Waals surface area contributed by atoms with Crippen LogP contribution in [-0.2, 0) is 0 Å². The molecule has 0 bridgehead atoms. The summed E-state index contributed by atoms with van der Waals surface area (Å²) in [6.45, 7) is 0. The molecule has 1 aromatic carbocycles. The molecule has 94 valence electrons. The number of fused-ring (bicyclic) bond motifs is 1. The molecule has 19 heavy (non-hydrogen) atoms. The molecule has 3 aromatic rings. The van der Waals surface area contributed by atoms with Gasteiger partial charge in [-0.3, -0.25) is 4.79 Å². The lowest BCUT2D eigenvalue weighted by molar-refractivity contribution is 0.103. The fourth-order valence-corrected chi connectivity index (χ4v) is 3.03. The molecule has 2 heterocycles. The summed E-state index contributed by atoms with van der Waals surface area (Å²) in [4.78, 5) is 17.1. The molecule has 0 atom stereocenters. The summed E-state index contributed by atoms with van der Waals surface area (Å²) >= 11 is 4.74. The number of carbonyl (C=O) groups is 1. The molecule has 3 nitrogen and oxygen atoms in total. The summed E-state index contributed by atoms with van der Waals surface area (Å²) in [5.74, 6) is 0.423. The normalized spacial score (nSPS) is 10.6. The van der Waals surface area contributed by atoms with Gasteiger partial charge in [-0.1, -0.05) is 18.2 Å². The molecule has 0 spiro atoms. The number of nitrogens with zero attached hydrogens (tertiary/aromatic N) is 1. The minimum atomic E-state index is -0.140. The lowest BCUT2D eigenvalue weighted by atomic mass is 10.2. The number of halogens is 1. The second-order valence-electron chi connectivity index (χ2n) is 3.95. The Labute approximate surface area is 122 Å². The van der Waals surface area contributed by atoms with Crippen molar-refractivity contribution in [1.29, 1.82) is 0 Å². The zero-order valence-corrected chi connectivity index (χ0v) is 12.2. The molecule has 0 aliphatic rings. The Morgan fingerprint density at radius 1 is 1.11 bits per heavy atom. The highest BCUT2D eigenvalue weighted by molar-refractivity contribution is 9.11. The number of aromatic nitrogens is 1. The zero-order chi connectivity index (χ0) is 13.2. The second-order valence-corrected chi connectivity index (χ2v) is 6.41. The Kier molecular flexibility index (Phi) is 3.31. The lowest BCUT2D eigenvalue weighted by Crippen LogP contribution is -2.11. The number of rotatable bonds is 2. The Morgan fingerprint density at radius 3 is 2.74 bits per heavy atom. The highest BCUT2D eigenvalue weighted by atomic mass is 79.9. The Balaban J connectivity index is 1.87. The molecule has 0 saturated heterocycles. The molecule has 5 heteroatoms. The van der Waals surface area contributed by atoms with Crippen molar-refractivity contribution in [3.63, 3.8) is 0 Å². The van der Waals surface area contributed by atoms with Crippen molar-refractivity contribution in [2.24, 2.45) is 0 Å². The molecular formula is C14H9BrN2OS. The maximum atomic E-state index is 12.0. The van der Waals surface area contributed by atoms with Crippen molar-refractivity contribution in [2.45, 2.75) is 0 Å². The summed E-state index contributed by atoms with van der Waals surface area (Å²) < 4.78 is 0.934. The van der Waals surface area contributed by atoms with Crippen LogP contribution in [-0.4, -0.2) is 10.9 Å². The second kappa shape index (κ2) is 5.11. The van der Waals surface area contributed by atoms with E-state index in [2.05, 4.69) is 26.2 Å². The first kappa shape index (κ1) is 12.3. The molecule has 0 aliphatic heterocycles. The van der Waals surface area contributed by atoms with E-state index in [1.165, 1.54) is 11.3 Å². The number of nitrogens with one attached hydrogen (secondary N) is 1. The van der Waals surface area contributed by atoms with Crippen LogP contribution in [0.25, 0.3) is 10.9 Å². The largest absolute Gasteiger partial charge is 0.306 e. The molecule has 0 radical (unpaired) electrons. The first-order valence-electron chi connectivity index (χ1n) is 5.65. The number of para-hydroxylation sites is 1. The van der Waals surface area contributed by atoms with Gasteiger partial charge < -0.3 is 5.32 Å². The fraction of sp³-hybridized carbons (Fsp3) is 0. The van der Waals surface area contributed by atoms with E-state index in [1.807, 2.05) is 42.5 Å². The third-order valence-corrected chi connectivity index (χ3v) is 4.26. The molecule has 1 amide bonds. The van der Waals surface area contributed by atoms with Gasteiger partial charge in [-0.15, -0.1) is 11.3 Å². The Hall–Kier alpha value is -1.72. The summed E-state index contributed by atoms with van der Waals surface area (Å²) in [6, 6.07) is 15.2. The number of benzene rings is 1. The number of carbonyl (C=O) groups excluding carboxylic acids is 1. The smallest absolute Gasteiger partial charge is 0.266 e. The first-order valence-corrected chi connectivity index (χ1v) is 7.26. The van der Waals surface area contributed by atoms with Gasteiger partial charge in [0.15, 0.2) is 0 Å². The van der Waals surface area contributed by atoms with Gasteiger partial charge in [0.2, 0.25) is 0 Å². The highest BCUT2D eigenvalue weighted by Crippen LogP contribution is 2.23. The van der Waals surface area contributed by atoms with Gasteiger partial charge in [-0.25, -0.2) is 4.98 Å². The molecule has 0 fully saturated rings. The monoisotopic (exact) mass is 332 g/mol. The van der Waals surface area contributed by atoms with Crippen molar-refractivity contribution >= 4 is 49.9 Å². The van der Waals surface area contributed by atoms with E-state index in [-0.39, 0.29) is 5.91 Å². The van der Waals surface area contributed by atoms with Crippen LogP contribution in [0.2, 0.25) is 0 Å². The van der Waals surface area contributed by atoms with Crippen LogP contribution in [0.15, 0.2) is 52.3 Å². The molecular weight excluding hydrogens is 324 g/mol. The fourth-order valence-electron chi connectivity index (χ4n) is 1.75. The van der Waals surface area contributed by atoms with E-state index in [4.69, 9.17) is 0 Å². The number of hydrogen-bond donors (Lipinski definition) is 1. The number of anilines is 1. The van der Waals surface area contributed by atoms with E-state index in [0.29, 0.717) is 10.7 Å². The van der Waals surface area contributed by atoms with E-state index < -0.39 is 0 Å². The van der Waals surface area contributed by atoms with Crippen LogP contribution in [0.5, 0.6) is 0 Å². The van der Waals surface area contributed by atoms with E-state index in [9.17, 15) is 4.79 Å². The standard InChI is InChI=1S/C14H9BrN2OS/c15-12-7-6-11(19-12)14(18)17-13-8-5-9-3-1-2-4-10(9)16-13/h1-8H,(H,16,17,18). The lowest BCUT2D eigenvalue weighted by Gasteiger charge is -2.04. The first-order chi connectivity index (χ1) is 9.22. The van der Waals surface area contributed by atoms with Gasteiger partial charge in [0, 0.05) is 5.39 Å². The summed E-state index contributed by atoms with van der Waals surface area (Å²) in [5.41, 5.74) is 0.868. The van der Waals surface area contributed by atoms with Gasteiger partial charge in [0.05, 0.1) is 14.2 Å². The van der Waals surface area contributed by atoms with Crippen LogP contribution >= 0.6 is 27.3 Å². The van der Waals surface area contributed by atoms with Crippen molar-refractivity contribution in [1.82, 2.24) is 4.98 Å². The Morgan fingerprint density at radius 2 is 1.95 bits per heavy atom. The van der Waals surface area contributed by atoms with Crippen LogP contribution in [0, 0.1) is 0 Å². The predicted octanol–water partition coefficient (Wildman–Crippen LogP) is 4.31. The average molecular weight is 333 g/mol. The zero-order valence-electron chi connectivity index (χ0n) is 9.76. The predicted molar refractivity (Wildman–Crippen MR) is 81.7 cm³/mol. The van der Waals surface area contributed by atoms with Gasteiger partial charge in [-0.05, 0) is 46.3 Å². The average Bonchev–Trinajstić information content (AvgIpc) is 2.85.